The lowest BCUT2D eigenvalue weighted by molar-refractivity contribution is 0.0794. The summed E-state index contributed by atoms with van der Waals surface area (Å²) in [5.41, 5.74) is 0.905. The first-order chi connectivity index (χ1) is 9.38. The number of ether oxygens (including phenoxy) is 2. The molecule has 7 nitrogen and oxygen atoms in total. The number of rotatable bonds is 4. The zero-order chi connectivity index (χ0) is 13.1. The van der Waals surface area contributed by atoms with Crippen molar-refractivity contribution in [3.63, 3.8) is 0 Å². The molecular formula is C12H15N5O2. The van der Waals surface area contributed by atoms with Crippen molar-refractivity contribution >= 4 is 5.95 Å². The highest BCUT2D eigenvalue weighted by Crippen LogP contribution is 2.16. The van der Waals surface area contributed by atoms with E-state index < -0.39 is 0 Å². The van der Waals surface area contributed by atoms with E-state index in [-0.39, 0.29) is 12.1 Å². The molecule has 0 bridgehead atoms. The van der Waals surface area contributed by atoms with Crippen molar-refractivity contribution in [2.24, 2.45) is 0 Å². The van der Waals surface area contributed by atoms with Crippen LogP contribution < -0.4 is 5.32 Å². The van der Waals surface area contributed by atoms with Crippen molar-refractivity contribution in [3.05, 3.63) is 30.3 Å². The van der Waals surface area contributed by atoms with Gasteiger partial charge in [0.15, 0.2) is 0 Å². The van der Waals surface area contributed by atoms with Gasteiger partial charge < -0.3 is 14.8 Å². The van der Waals surface area contributed by atoms with Crippen LogP contribution in [-0.2, 0) is 9.47 Å². The van der Waals surface area contributed by atoms with Crippen LogP contribution in [0.4, 0.5) is 5.95 Å². The van der Waals surface area contributed by atoms with Crippen molar-refractivity contribution in [3.8, 4) is 5.69 Å². The van der Waals surface area contributed by atoms with Crippen LogP contribution in [-0.4, -0.2) is 52.7 Å². The number of para-hydroxylation sites is 1. The number of methoxy groups -OCH3 is 1. The van der Waals surface area contributed by atoms with E-state index in [0.717, 1.165) is 5.69 Å². The largest absolute Gasteiger partial charge is 0.377 e. The van der Waals surface area contributed by atoms with Crippen molar-refractivity contribution in [1.29, 1.82) is 0 Å². The molecule has 1 saturated heterocycles. The normalized spacial score (nSPS) is 22.6. The smallest absolute Gasteiger partial charge is 0.248 e. The molecular weight excluding hydrogens is 246 g/mol. The van der Waals surface area contributed by atoms with Crippen molar-refractivity contribution in [2.75, 3.05) is 25.6 Å². The number of nitrogens with zero attached hydrogens (tertiary/aromatic N) is 4. The van der Waals surface area contributed by atoms with Crippen LogP contribution in [0.2, 0.25) is 0 Å². The Morgan fingerprint density at radius 1 is 1.32 bits per heavy atom. The second-order valence-corrected chi connectivity index (χ2v) is 4.31. The highest BCUT2D eigenvalue weighted by atomic mass is 16.5. The molecule has 1 aliphatic rings. The molecule has 1 aliphatic heterocycles. The first-order valence-electron chi connectivity index (χ1n) is 6.09. The number of hydrogen-bond acceptors (Lipinski definition) is 6. The fourth-order valence-electron chi connectivity index (χ4n) is 2.09. The molecule has 0 unspecified atom stereocenters. The zero-order valence-electron chi connectivity index (χ0n) is 10.6. The van der Waals surface area contributed by atoms with E-state index in [1.54, 1.807) is 11.8 Å². The topological polar surface area (TPSA) is 74.1 Å². The van der Waals surface area contributed by atoms with Gasteiger partial charge >= 0.3 is 0 Å². The molecule has 3 rings (SSSR count). The molecule has 1 aromatic carbocycles. The third-order valence-corrected chi connectivity index (χ3v) is 3.12. The summed E-state index contributed by atoms with van der Waals surface area (Å²) >= 11 is 0. The molecule has 0 saturated carbocycles. The molecule has 0 amide bonds. The first-order valence-corrected chi connectivity index (χ1v) is 6.09. The van der Waals surface area contributed by atoms with Gasteiger partial charge in [0.1, 0.15) is 6.10 Å². The van der Waals surface area contributed by atoms with Gasteiger partial charge in [0.25, 0.3) is 0 Å². The van der Waals surface area contributed by atoms with Crippen LogP contribution in [0.5, 0.6) is 0 Å². The molecule has 0 spiro atoms. The Kier molecular flexibility index (Phi) is 3.39. The standard InChI is InChI=1S/C12H15N5O2/c1-18-11-8-19-7-10(11)13-12-14-15-16-17(12)9-5-3-2-4-6-9/h2-6,10-11H,7-8H2,1H3,(H,13,14,16)/t10-,11-/m0/s1. The maximum Gasteiger partial charge on any atom is 0.248 e. The van der Waals surface area contributed by atoms with Crippen LogP contribution in [0.3, 0.4) is 0 Å². The summed E-state index contributed by atoms with van der Waals surface area (Å²) in [7, 11) is 1.67. The van der Waals surface area contributed by atoms with E-state index in [0.29, 0.717) is 19.2 Å². The molecule has 0 radical (unpaired) electrons. The third kappa shape index (κ3) is 2.42. The molecule has 2 heterocycles. The number of aromatic nitrogens is 4. The molecule has 19 heavy (non-hydrogen) atoms. The van der Waals surface area contributed by atoms with Crippen molar-refractivity contribution in [2.45, 2.75) is 12.1 Å². The second kappa shape index (κ2) is 5.33. The quantitative estimate of drug-likeness (QED) is 0.863. The van der Waals surface area contributed by atoms with Gasteiger partial charge in [-0.05, 0) is 22.6 Å². The van der Waals surface area contributed by atoms with Gasteiger partial charge in [-0.3, -0.25) is 0 Å². The molecule has 7 heteroatoms. The summed E-state index contributed by atoms with van der Waals surface area (Å²) in [5.74, 6) is 0.587. The number of tetrazole rings is 1. The number of benzene rings is 1. The lowest BCUT2D eigenvalue weighted by atomic mass is 10.2. The Bertz CT molecular complexity index is 530. The minimum atomic E-state index is 0.0147. The van der Waals surface area contributed by atoms with Gasteiger partial charge in [0, 0.05) is 7.11 Å². The fraction of sp³-hybridized carbons (Fsp3) is 0.417. The molecule has 2 aromatic rings. The highest BCUT2D eigenvalue weighted by Gasteiger charge is 2.29. The third-order valence-electron chi connectivity index (χ3n) is 3.12. The summed E-state index contributed by atoms with van der Waals surface area (Å²) in [4.78, 5) is 0. The molecule has 1 fully saturated rings. The minimum Gasteiger partial charge on any atom is -0.377 e. The predicted octanol–water partition coefficient (Wildman–Crippen LogP) is 0.488. The number of anilines is 1. The Morgan fingerprint density at radius 3 is 2.95 bits per heavy atom. The second-order valence-electron chi connectivity index (χ2n) is 4.31. The van der Waals surface area contributed by atoms with Crippen molar-refractivity contribution < 1.29 is 9.47 Å². The summed E-state index contributed by atoms with van der Waals surface area (Å²) in [6.07, 6.45) is 0.0147. The molecule has 2 atom stereocenters. The maximum absolute atomic E-state index is 5.39. The fourth-order valence-corrected chi connectivity index (χ4v) is 2.09. The predicted molar refractivity (Wildman–Crippen MR) is 68.2 cm³/mol. The summed E-state index contributed by atoms with van der Waals surface area (Å²) in [6.45, 7) is 1.17. The Labute approximate surface area is 110 Å². The van der Waals surface area contributed by atoms with E-state index in [1.807, 2.05) is 30.3 Å². The zero-order valence-corrected chi connectivity index (χ0v) is 10.6. The maximum atomic E-state index is 5.39. The lowest BCUT2D eigenvalue weighted by Crippen LogP contribution is -2.34. The molecule has 0 aliphatic carbocycles. The highest BCUT2D eigenvalue weighted by molar-refractivity contribution is 5.39. The van der Waals surface area contributed by atoms with E-state index in [2.05, 4.69) is 20.8 Å². The Morgan fingerprint density at radius 2 is 2.16 bits per heavy atom. The van der Waals surface area contributed by atoms with Gasteiger partial charge in [-0.25, -0.2) is 0 Å². The Balaban J connectivity index is 1.81. The van der Waals surface area contributed by atoms with E-state index in [4.69, 9.17) is 9.47 Å². The van der Waals surface area contributed by atoms with E-state index >= 15 is 0 Å². The Hall–Kier alpha value is -1.99. The van der Waals surface area contributed by atoms with Crippen molar-refractivity contribution in [1.82, 2.24) is 20.2 Å². The van der Waals surface area contributed by atoms with Gasteiger partial charge in [0.2, 0.25) is 5.95 Å². The van der Waals surface area contributed by atoms with E-state index in [1.165, 1.54) is 0 Å². The average molecular weight is 261 g/mol. The van der Waals surface area contributed by atoms with Crippen LogP contribution in [0, 0.1) is 0 Å². The molecule has 100 valence electrons. The average Bonchev–Trinajstić information content (AvgIpc) is 3.09. The van der Waals surface area contributed by atoms with Gasteiger partial charge in [-0.1, -0.05) is 23.3 Å². The number of hydrogen-bond donors (Lipinski definition) is 1. The van der Waals surface area contributed by atoms with Crippen LogP contribution >= 0.6 is 0 Å². The van der Waals surface area contributed by atoms with Gasteiger partial charge in [0.05, 0.1) is 24.9 Å². The van der Waals surface area contributed by atoms with Crippen LogP contribution in [0.15, 0.2) is 30.3 Å². The first kappa shape index (κ1) is 12.1. The SMILES string of the molecule is CO[C@H]1COC[C@@H]1Nc1nnnn1-c1ccccc1. The summed E-state index contributed by atoms with van der Waals surface area (Å²) in [5, 5.41) is 15.0. The van der Waals surface area contributed by atoms with Crippen LogP contribution in [0.1, 0.15) is 0 Å². The summed E-state index contributed by atoms with van der Waals surface area (Å²) in [6, 6.07) is 9.78. The lowest BCUT2D eigenvalue weighted by Gasteiger charge is -2.17. The van der Waals surface area contributed by atoms with Gasteiger partial charge in [-0.2, -0.15) is 4.68 Å². The van der Waals surface area contributed by atoms with E-state index in [9.17, 15) is 0 Å². The monoisotopic (exact) mass is 261 g/mol. The minimum absolute atomic E-state index is 0.0147. The molecule has 1 aromatic heterocycles. The number of nitrogens with one attached hydrogen (secondary N) is 1. The van der Waals surface area contributed by atoms with Gasteiger partial charge in [-0.15, -0.1) is 0 Å². The molecule has 1 N–H and O–H groups in total. The van der Waals surface area contributed by atoms with Crippen LogP contribution in [0.25, 0.3) is 5.69 Å². The summed E-state index contributed by atoms with van der Waals surface area (Å²) < 4.78 is 12.4.